The van der Waals surface area contributed by atoms with Gasteiger partial charge in [-0.2, -0.15) is 0 Å². The predicted molar refractivity (Wildman–Crippen MR) is 48.3 cm³/mol. The fourth-order valence-electron chi connectivity index (χ4n) is 1.94. The minimum Gasteiger partial charge on any atom is -0.481 e. The predicted octanol–water partition coefficient (Wildman–Crippen LogP) is 2.92. The lowest BCUT2D eigenvalue weighted by Gasteiger charge is -2.36. The molecule has 0 bridgehead atoms. The Labute approximate surface area is 82.3 Å². The molecule has 0 aromatic carbocycles. The molecule has 0 aromatic rings. The molecule has 1 aliphatic rings. The van der Waals surface area contributed by atoms with Crippen molar-refractivity contribution in [2.45, 2.75) is 45.5 Å². The smallest absolute Gasteiger partial charge is 0.309 e. The van der Waals surface area contributed by atoms with Crippen molar-refractivity contribution in [3.8, 4) is 0 Å². The molecule has 0 atom stereocenters. The number of carboxylic acids is 1. The van der Waals surface area contributed by atoms with Gasteiger partial charge in [-0.15, -0.1) is 0 Å². The number of carbonyl (C=O) groups is 1. The molecular weight excluding hydrogens is 190 g/mol. The molecule has 0 radical (unpaired) electrons. The summed E-state index contributed by atoms with van der Waals surface area (Å²) in [6.45, 7) is 3.23. The van der Waals surface area contributed by atoms with Gasteiger partial charge < -0.3 is 5.11 Å². The van der Waals surface area contributed by atoms with Crippen molar-refractivity contribution >= 4 is 5.97 Å². The van der Waals surface area contributed by atoms with E-state index in [1.807, 2.05) is 0 Å². The summed E-state index contributed by atoms with van der Waals surface area (Å²) in [6, 6.07) is 0. The maximum Gasteiger partial charge on any atom is 0.309 e. The van der Waals surface area contributed by atoms with Gasteiger partial charge in [-0.05, 0) is 32.6 Å². The Morgan fingerprint density at radius 1 is 1.36 bits per heavy atom. The van der Waals surface area contributed by atoms with Crippen LogP contribution in [0.25, 0.3) is 0 Å². The molecule has 4 heteroatoms. The SMILES string of the molecule is CC(C)(C(=O)O)C1CCC(F)(F)CC1. The van der Waals surface area contributed by atoms with Gasteiger partial charge in [0.05, 0.1) is 5.41 Å². The van der Waals surface area contributed by atoms with E-state index in [9.17, 15) is 13.6 Å². The van der Waals surface area contributed by atoms with Gasteiger partial charge >= 0.3 is 5.97 Å². The zero-order valence-electron chi connectivity index (χ0n) is 8.52. The highest BCUT2D eigenvalue weighted by Gasteiger charge is 2.43. The molecule has 0 aromatic heterocycles. The topological polar surface area (TPSA) is 37.3 Å². The lowest BCUT2D eigenvalue weighted by atomic mass is 9.70. The van der Waals surface area contributed by atoms with Crippen LogP contribution in [0.15, 0.2) is 0 Å². The quantitative estimate of drug-likeness (QED) is 0.754. The van der Waals surface area contributed by atoms with Crippen LogP contribution in [0, 0.1) is 11.3 Å². The number of alkyl halides is 2. The summed E-state index contributed by atoms with van der Waals surface area (Å²) in [5.41, 5.74) is -0.878. The maximum absolute atomic E-state index is 12.8. The summed E-state index contributed by atoms with van der Waals surface area (Å²) in [5.74, 6) is -3.60. The highest BCUT2D eigenvalue weighted by atomic mass is 19.3. The molecule has 0 saturated heterocycles. The molecule has 1 aliphatic carbocycles. The van der Waals surface area contributed by atoms with E-state index in [1.165, 1.54) is 0 Å². The third-order valence-corrected chi connectivity index (χ3v) is 3.29. The Bertz CT molecular complexity index is 226. The third-order valence-electron chi connectivity index (χ3n) is 3.29. The summed E-state index contributed by atoms with van der Waals surface area (Å²) < 4.78 is 25.6. The molecule has 2 nitrogen and oxygen atoms in total. The van der Waals surface area contributed by atoms with E-state index < -0.39 is 17.3 Å². The Morgan fingerprint density at radius 3 is 2.14 bits per heavy atom. The van der Waals surface area contributed by atoms with Gasteiger partial charge in [0.15, 0.2) is 0 Å². The second-order valence-electron chi connectivity index (χ2n) is 4.66. The Hall–Kier alpha value is -0.670. The van der Waals surface area contributed by atoms with Crippen molar-refractivity contribution in [1.29, 1.82) is 0 Å². The summed E-state index contributed by atoms with van der Waals surface area (Å²) >= 11 is 0. The van der Waals surface area contributed by atoms with Crippen molar-refractivity contribution in [1.82, 2.24) is 0 Å². The van der Waals surface area contributed by atoms with Crippen molar-refractivity contribution in [2.75, 3.05) is 0 Å². The van der Waals surface area contributed by atoms with Crippen molar-refractivity contribution in [3.63, 3.8) is 0 Å². The fraction of sp³-hybridized carbons (Fsp3) is 0.900. The molecule has 1 rings (SSSR count). The molecule has 1 fully saturated rings. The largest absolute Gasteiger partial charge is 0.481 e. The summed E-state index contributed by atoms with van der Waals surface area (Å²) in [5, 5.41) is 8.94. The zero-order chi connectivity index (χ0) is 11.0. The molecule has 0 aliphatic heterocycles. The second kappa shape index (κ2) is 3.48. The molecule has 0 heterocycles. The van der Waals surface area contributed by atoms with Crippen LogP contribution in [0.3, 0.4) is 0 Å². The first-order valence-corrected chi connectivity index (χ1v) is 4.87. The standard InChI is InChI=1S/C10H16F2O2/c1-9(2,8(13)14)7-3-5-10(11,12)6-4-7/h7H,3-6H2,1-2H3,(H,13,14). The van der Waals surface area contributed by atoms with Crippen LogP contribution in [0.4, 0.5) is 8.78 Å². The van der Waals surface area contributed by atoms with E-state index in [0.717, 1.165) is 0 Å². The van der Waals surface area contributed by atoms with Gasteiger partial charge in [-0.3, -0.25) is 4.79 Å². The molecule has 0 amide bonds. The minimum atomic E-state index is -2.58. The average Bonchev–Trinajstić information content (AvgIpc) is 2.03. The van der Waals surface area contributed by atoms with E-state index in [-0.39, 0.29) is 18.8 Å². The average molecular weight is 206 g/mol. The second-order valence-corrected chi connectivity index (χ2v) is 4.66. The van der Waals surface area contributed by atoms with Crippen LogP contribution in [0.1, 0.15) is 39.5 Å². The first-order chi connectivity index (χ1) is 6.26. The molecule has 1 N–H and O–H groups in total. The maximum atomic E-state index is 12.8. The Kier molecular flexibility index (Phi) is 2.83. The van der Waals surface area contributed by atoms with Crippen molar-refractivity contribution in [2.24, 2.45) is 11.3 Å². The molecule has 0 unspecified atom stereocenters. The van der Waals surface area contributed by atoms with Crippen LogP contribution < -0.4 is 0 Å². The summed E-state index contributed by atoms with van der Waals surface area (Å²) in [4.78, 5) is 10.9. The van der Waals surface area contributed by atoms with Gasteiger partial charge in [0.1, 0.15) is 0 Å². The first-order valence-electron chi connectivity index (χ1n) is 4.87. The number of carboxylic acid groups (broad SMARTS) is 1. The molecular formula is C10H16F2O2. The van der Waals surface area contributed by atoms with Gasteiger partial charge in [0.25, 0.3) is 0 Å². The minimum absolute atomic E-state index is 0.125. The van der Waals surface area contributed by atoms with E-state index in [1.54, 1.807) is 13.8 Å². The van der Waals surface area contributed by atoms with Gasteiger partial charge in [0.2, 0.25) is 5.92 Å². The van der Waals surface area contributed by atoms with Crippen LogP contribution in [-0.2, 0) is 4.79 Å². The monoisotopic (exact) mass is 206 g/mol. The van der Waals surface area contributed by atoms with E-state index in [4.69, 9.17) is 5.11 Å². The van der Waals surface area contributed by atoms with E-state index >= 15 is 0 Å². The highest BCUT2D eigenvalue weighted by Crippen LogP contribution is 2.43. The van der Waals surface area contributed by atoms with Crippen LogP contribution in [-0.4, -0.2) is 17.0 Å². The third kappa shape index (κ3) is 2.22. The van der Waals surface area contributed by atoms with Crippen LogP contribution in [0.2, 0.25) is 0 Å². The Balaban J connectivity index is 2.62. The van der Waals surface area contributed by atoms with Crippen LogP contribution in [0.5, 0.6) is 0 Å². The number of aliphatic carboxylic acids is 1. The number of hydrogen-bond acceptors (Lipinski definition) is 1. The van der Waals surface area contributed by atoms with Gasteiger partial charge in [-0.25, -0.2) is 8.78 Å². The number of hydrogen-bond donors (Lipinski definition) is 1. The molecule has 0 spiro atoms. The molecule has 1 saturated carbocycles. The van der Waals surface area contributed by atoms with Crippen molar-refractivity contribution in [3.05, 3.63) is 0 Å². The van der Waals surface area contributed by atoms with Crippen LogP contribution >= 0.6 is 0 Å². The van der Waals surface area contributed by atoms with Gasteiger partial charge in [-0.1, -0.05) is 0 Å². The number of halogens is 2. The van der Waals surface area contributed by atoms with Crippen molar-refractivity contribution < 1.29 is 18.7 Å². The fourth-order valence-corrected chi connectivity index (χ4v) is 1.94. The Morgan fingerprint density at radius 2 is 1.79 bits per heavy atom. The normalized spacial score (nSPS) is 23.4. The first kappa shape index (κ1) is 11.4. The van der Waals surface area contributed by atoms with Gasteiger partial charge in [0, 0.05) is 12.8 Å². The highest BCUT2D eigenvalue weighted by molar-refractivity contribution is 5.74. The summed E-state index contributed by atoms with van der Waals surface area (Å²) in [7, 11) is 0. The lowest BCUT2D eigenvalue weighted by Crippen LogP contribution is -2.37. The lowest BCUT2D eigenvalue weighted by molar-refractivity contribution is -0.153. The summed E-state index contributed by atoms with van der Waals surface area (Å²) in [6.07, 6.45) is 0.279. The number of rotatable bonds is 2. The molecule has 82 valence electrons. The van der Waals surface area contributed by atoms with E-state index in [2.05, 4.69) is 0 Å². The van der Waals surface area contributed by atoms with E-state index in [0.29, 0.717) is 12.8 Å². The molecule has 14 heavy (non-hydrogen) atoms. The zero-order valence-corrected chi connectivity index (χ0v) is 8.52.